The van der Waals surface area contributed by atoms with Crippen molar-refractivity contribution in [2.75, 3.05) is 6.79 Å². The van der Waals surface area contributed by atoms with E-state index >= 15 is 0 Å². The van der Waals surface area contributed by atoms with Crippen LogP contribution in [0, 0.1) is 6.92 Å². The lowest BCUT2D eigenvalue weighted by molar-refractivity contribution is -0.206. The van der Waals surface area contributed by atoms with Gasteiger partial charge in [0.25, 0.3) is 15.8 Å². The average molecular weight is 443 g/mol. The van der Waals surface area contributed by atoms with Crippen molar-refractivity contribution in [1.82, 2.24) is 4.90 Å². The van der Waals surface area contributed by atoms with Crippen molar-refractivity contribution in [2.24, 2.45) is 0 Å². The van der Waals surface area contributed by atoms with E-state index in [1.54, 1.807) is 32.9 Å². The highest BCUT2D eigenvalue weighted by Gasteiger charge is 2.73. The van der Waals surface area contributed by atoms with Gasteiger partial charge >= 0.3 is 11.9 Å². The Hall–Kier alpha value is -2.11. The zero-order valence-corrected chi connectivity index (χ0v) is 18.0. The fourth-order valence-corrected chi connectivity index (χ4v) is 6.22. The maximum Gasteiger partial charge on any atom is 0.365 e. The van der Waals surface area contributed by atoms with Crippen LogP contribution in [0.15, 0.2) is 29.2 Å². The molecule has 2 atom stereocenters. The highest BCUT2D eigenvalue weighted by atomic mass is 32.2. The molecule has 0 aromatic heterocycles. The van der Waals surface area contributed by atoms with Gasteiger partial charge in [-0.2, -0.15) is 8.42 Å². The molecular weight excluding hydrogens is 422 g/mol. The summed E-state index contributed by atoms with van der Waals surface area (Å²) >= 11 is 1.24. The van der Waals surface area contributed by atoms with Gasteiger partial charge in [-0.1, -0.05) is 17.7 Å². The number of ether oxygens (including phenoxy) is 2. The molecule has 1 amide bonds. The van der Waals surface area contributed by atoms with Crippen LogP contribution in [0.5, 0.6) is 0 Å². The molecule has 2 saturated heterocycles. The number of fused-ring (bicyclic) bond motifs is 1. The Morgan fingerprint density at radius 2 is 1.83 bits per heavy atom. The molecule has 1 aromatic rings. The number of thioether (sulfide) groups is 1. The van der Waals surface area contributed by atoms with Gasteiger partial charge in [0.15, 0.2) is 0 Å². The minimum atomic E-state index is -4.44. The van der Waals surface area contributed by atoms with E-state index < -0.39 is 50.6 Å². The number of amides is 1. The molecule has 3 rings (SSSR count). The highest BCUT2D eigenvalue weighted by Crippen LogP contribution is 2.58. The number of aryl methyl sites for hydroxylation is 1. The Morgan fingerprint density at radius 1 is 1.21 bits per heavy atom. The fourth-order valence-electron chi connectivity index (χ4n) is 3.26. The lowest BCUT2D eigenvalue weighted by Gasteiger charge is -2.45. The second kappa shape index (κ2) is 7.29. The number of β-lactam (4-membered cyclic amide) rings is 1. The van der Waals surface area contributed by atoms with Crippen LogP contribution in [-0.4, -0.2) is 53.8 Å². The van der Waals surface area contributed by atoms with Gasteiger partial charge in [-0.05, 0) is 32.9 Å². The van der Waals surface area contributed by atoms with Crippen LogP contribution in [0.2, 0.25) is 0 Å². The third kappa shape index (κ3) is 3.62. The number of rotatable bonds is 6. The molecule has 0 spiro atoms. The first-order chi connectivity index (χ1) is 13.4. The Morgan fingerprint density at radius 3 is 2.38 bits per heavy atom. The number of nitrogens with zero attached hydrogens (tertiary/aromatic N) is 1. The first-order valence-electron chi connectivity index (χ1n) is 8.73. The van der Waals surface area contributed by atoms with Gasteiger partial charge in [0.1, 0.15) is 0 Å². The van der Waals surface area contributed by atoms with E-state index in [4.69, 9.17) is 8.92 Å². The zero-order chi connectivity index (χ0) is 21.6. The van der Waals surface area contributed by atoms with Crippen LogP contribution in [-0.2, 0) is 38.2 Å². The molecule has 0 bridgehead atoms. The van der Waals surface area contributed by atoms with Crippen LogP contribution in [0.3, 0.4) is 0 Å². The van der Waals surface area contributed by atoms with Crippen molar-refractivity contribution in [2.45, 2.75) is 54.9 Å². The average Bonchev–Trinajstić information content (AvgIpc) is 2.77. The van der Waals surface area contributed by atoms with Crippen molar-refractivity contribution in [3.63, 3.8) is 0 Å². The predicted molar refractivity (Wildman–Crippen MR) is 102 cm³/mol. The van der Waals surface area contributed by atoms with E-state index in [0.29, 0.717) is 0 Å². The Bertz CT molecular complexity index is 957. The summed E-state index contributed by atoms with van der Waals surface area (Å²) in [7, 11) is -4.44. The number of esters is 2. The second-order valence-electron chi connectivity index (χ2n) is 7.23. The third-order valence-electron chi connectivity index (χ3n) is 4.76. The largest absolute Gasteiger partial charge is 0.428 e. The topological polar surface area (TPSA) is 116 Å². The van der Waals surface area contributed by atoms with Gasteiger partial charge in [-0.25, -0.2) is 8.98 Å². The summed E-state index contributed by atoms with van der Waals surface area (Å²) in [6.45, 7) is 5.40. The van der Waals surface area contributed by atoms with Gasteiger partial charge in [-0.15, -0.1) is 11.8 Å². The minimum Gasteiger partial charge on any atom is -0.428 e. The third-order valence-corrected chi connectivity index (χ3v) is 7.59. The molecule has 29 heavy (non-hydrogen) atoms. The molecule has 0 radical (unpaired) electrons. The molecule has 2 aliphatic heterocycles. The maximum atomic E-state index is 13.1. The number of hydrogen-bond donors (Lipinski definition) is 0. The minimum absolute atomic E-state index is 0.154. The molecule has 2 aliphatic rings. The molecule has 158 valence electrons. The number of carbonyl (C=O) groups is 3. The van der Waals surface area contributed by atoms with E-state index in [1.165, 1.54) is 23.9 Å². The predicted octanol–water partition coefficient (Wildman–Crippen LogP) is 1.54. The molecule has 2 fully saturated rings. The van der Waals surface area contributed by atoms with Crippen LogP contribution in [0.25, 0.3) is 0 Å². The Kier molecular flexibility index (Phi) is 5.43. The van der Waals surface area contributed by atoms with E-state index in [9.17, 15) is 22.8 Å². The second-order valence-corrected chi connectivity index (χ2v) is 10.6. The van der Waals surface area contributed by atoms with Crippen LogP contribution in [0.4, 0.5) is 0 Å². The fraction of sp³-hybridized carbons (Fsp3) is 0.500. The summed E-state index contributed by atoms with van der Waals surface area (Å²) in [5.41, 5.74) is -1.39. The smallest absolute Gasteiger partial charge is 0.365 e. The van der Waals surface area contributed by atoms with Crippen molar-refractivity contribution in [3.8, 4) is 0 Å². The monoisotopic (exact) mass is 443 g/mol. The summed E-state index contributed by atoms with van der Waals surface area (Å²) in [5.74, 6) is -2.24. The van der Waals surface area contributed by atoms with Crippen LogP contribution >= 0.6 is 11.8 Å². The zero-order valence-electron chi connectivity index (χ0n) is 16.3. The van der Waals surface area contributed by atoms with E-state index in [-0.39, 0.29) is 11.3 Å². The van der Waals surface area contributed by atoms with Crippen LogP contribution in [0.1, 0.15) is 32.8 Å². The van der Waals surface area contributed by atoms with Crippen molar-refractivity contribution in [3.05, 3.63) is 29.8 Å². The van der Waals surface area contributed by atoms with Gasteiger partial charge in [0, 0.05) is 6.92 Å². The molecule has 0 aliphatic carbocycles. The summed E-state index contributed by atoms with van der Waals surface area (Å²) in [6, 6.07) is 5.89. The van der Waals surface area contributed by atoms with Gasteiger partial charge < -0.3 is 9.47 Å². The highest BCUT2D eigenvalue weighted by molar-refractivity contribution is 8.01. The molecule has 1 aromatic carbocycles. The number of carbonyl (C=O) groups excluding carboxylic acids is 3. The normalized spacial score (nSPS) is 25.2. The first kappa shape index (κ1) is 21.6. The lowest BCUT2D eigenvalue weighted by Crippen LogP contribution is -2.69. The van der Waals surface area contributed by atoms with Gasteiger partial charge in [0.2, 0.25) is 12.7 Å². The summed E-state index contributed by atoms with van der Waals surface area (Å²) in [6.07, 6.45) is 0.154. The molecule has 0 saturated carbocycles. The first-order valence-corrected chi connectivity index (χ1v) is 11.0. The molecule has 11 heteroatoms. The molecule has 0 unspecified atom stereocenters. The molecular formula is C18H21NO8S2. The van der Waals surface area contributed by atoms with Crippen molar-refractivity contribution >= 4 is 39.7 Å². The van der Waals surface area contributed by atoms with Crippen LogP contribution < -0.4 is 0 Å². The van der Waals surface area contributed by atoms with Crippen molar-refractivity contribution < 1.29 is 36.5 Å². The van der Waals surface area contributed by atoms with E-state index in [1.807, 2.05) is 0 Å². The quantitative estimate of drug-likeness (QED) is 0.279. The van der Waals surface area contributed by atoms with E-state index in [0.717, 1.165) is 17.4 Å². The Labute approximate surface area is 172 Å². The standard InChI is InChI=1S/C18H21NO8S2/c1-11-5-7-13(8-6-11)29(23,24)27-18(16(22)26-10-25-12(2)20)17(3,4)28-15-9-14(21)19(15)18/h5-8,15H,9-10H2,1-4H3/t15-,18-/m1/s1. The van der Waals surface area contributed by atoms with E-state index in [2.05, 4.69) is 4.74 Å². The number of benzene rings is 1. The molecule has 0 N–H and O–H groups in total. The van der Waals surface area contributed by atoms with Crippen molar-refractivity contribution in [1.29, 1.82) is 0 Å². The summed E-state index contributed by atoms with van der Waals surface area (Å²) in [5, 5.41) is -0.424. The summed E-state index contributed by atoms with van der Waals surface area (Å²) in [4.78, 5) is 37.3. The SMILES string of the molecule is CC(=O)OCOC(=O)[C@]1(OS(=O)(=O)c2ccc(C)cc2)N2C(=O)C[C@H]2SC1(C)C. The number of hydrogen-bond acceptors (Lipinski definition) is 9. The lowest BCUT2D eigenvalue weighted by atomic mass is 9.93. The van der Waals surface area contributed by atoms with Gasteiger partial charge in [0.05, 0.1) is 21.4 Å². The molecule has 2 heterocycles. The Balaban J connectivity index is 2.01. The maximum absolute atomic E-state index is 13.1. The molecule has 9 nitrogen and oxygen atoms in total. The summed E-state index contributed by atoms with van der Waals surface area (Å²) < 4.78 is 40.0. The van der Waals surface area contributed by atoms with Gasteiger partial charge in [-0.3, -0.25) is 14.5 Å².